The van der Waals surface area contributed by atoms with E-state index >= 15 is 0 Å². The summed E-state index contributed by atoms with van der Waals surface area (Å²) >= 11 is 6.08. The van der Waals surface area contributed by atoms with Crippen LogP contribution >= 0.6 is 11.6 Å². The molecular weight excluding hydrogens is 348 g/mol. The molecule has 2 aromatic rings. The van der Waals surface area contributed by atoms with Gasteiger partial charge in [-0.2, -0.15) is 0 Å². The predicted octanol–water partition coefficient (Wildman–Crippen LogP) is 2.70. The Labute approximate surface area is 148 Å². The van der Waals surface area contributed by atoms with Crippen LogP contribution in [-0.4, -0.2) is 32.1 Å². The lowest BCUT2D eigenvalue weighted by atomic mass is 10.2. The molecule has 2 N–H and O–H groups in total. The van der Waals surface area contributed by atoms with Crippen molar-refractivity contribution < 1.29 is 23.8 Å². The van der Waals surface area contributed by atoms with Gasteiger partial charge in [0.15, 0.2) is 0 Å². The number of halogens is 1. The van der Waals surface area contributed by atoms with Crippen LogP contribution in [0.5, 0.6) is 17.2 Å². The van der Waals surface area contributed by atoms with E-state index < -0.39 is 17.9 Å². The molecule has 1 aliphatic heterocycles. The summed E-state index contributed by atoms with van der Waals surface area (Å²) in [5.41, 5.74) is 0.815. The van der Waals surface area contributed by atoms with Gasteiger partial charge < -0.3 is 24.8 Å². The van der Waals surface area contributed by atoms with Crippen molar-refractivity contribution in [2.75, 3.05) is 24.9 Å². The molecule has 1 unspecified atom stereocenters. The van der Waals surface area contributed by atoms with Crippen molar-refractivity contribution in [2.24, 2.45) is 0 Å². The predicted molar refractivity (Wildman–Crippen MR) is 92.7 cm³/mol. The summed E-state index contributed by atoms with van der Waals surface area (Å²) in [6.07, 6.45) is -1.33. The number of methoxy groups -OCH3 is 2. The van der Waals surface area contributed by atoms with Crippen molar-refractivity contribution in [1.29, 1.82) is 0 Å². The number of rotatable bonds is 4. The monoisotopic (exact) mass is 362 g/mol. The van der Waals surface area contributed by atoms with Gasteiger partial charge in [-0.1, -0.05) is 23.7 Å². The Morgan fingerprint density at radius 2 is 1.92 bits per heavy atom. The molecule has 3 rings (SSSR count). The van der Waals surface area contributed by atoms with Crippen LogP contribution in [0.2, 0.25) is 5.02 Å². The van der Waals surface area contributed by atoms with E-state index in [1.54, 1.807) is 24.3 Å². The van der Waals surface area contributed by atoms with Gasteiger partial charge in [0.1, 0.15) is 17.2 Å². The second-order valence-electron chi connectivity index (χ2n) is 5.16. The maximum absolute atomic E-state index is 12.5. The Morgan fingerprint density at radius 1 is 1.20 bits per heavy atom. The van der Waals surface area contributed by atoms with Gasteiger partial charge in [0, 0.05) is 6.07 Å². The average Bonchev–Trinajstić information content (AvgIpc) is 2.61. The van der Waals surface area contributed by atoms with E-state index in [0.717, 1.165) is 0 Å². The highest BCUT2D eigenvalue weighted by Gasteiger charge is 2.34. The van der Waals surface area contributed by atoms with Crippen LogP contribution in [0, 0.1) is 0 Å². The van der Waals surface area contributed by atoms with Crippen LogP contribution in [0.4, 0.5) is 11.4 Å². The highest BCUT2D eigenvalue weighted by atomic mass is 35.5. The first kappa shape index (κ1) is 16.9. The fourth-order valence-corrected chi connectivity index (χ4v) is 2.62. The van der Waals surface area contributed by atoms with Crippen LogP contribution in [0.15, 0.2) is 36.4 Å². The first-order chi connectivity index (χ1) is 12.0. The minimum atomic E-state index is -1.33. The van der Waals surface area contributed by atoms with Crippen LogP contribution in [-0.2, 0) is 9.59 Å². The minimum absolute atomic E-state index is 0.290. The summed E-state index contributed by atoms with van der Waals surface area (Å²) < 4.78 is 15.8. The Balaban J connectivity index is 1.83. The number of ether oxygens (including phenoxy) is 3. The number of hydrogen-bond acceptors (Lipinski definition) is 5. The summed E-state index contributed by atoms with van der Waals surface area (Å²) in [6.45, 7) is 0. The first-order valence-electron chi connectivity index (χ1n) is 7.32. The quantitative estimate of drug-likeness (QED) is 0.817. The lowest BCUT2D eigenvalue weighted by Crippen LogP contribution is -2.45. The molecule has 0 bridgehead atoms. The van der Waals surface area contributed by atoms with Crippen LogP contribution < -0.4 is 24.8 Å². The molecule has 1 heterocycles. The molecule has 1 atom stereocenters. The van der Waals surface area contributed by atoms with E-state index in [9.17, 15) is 9.59 Å². The molecule has 0 aromatic heterocycles. The molecule has 0 aliphatic carbocycles. The topological polar surface area (TPSA) is 85.9 Å². The van der Waals surface area contributed by atoms with Crippen molar-refractivity contribution in [3.63, 3.8) is 0 Å². The van der Waals surface area contributed by atoms with Crippen LogP contribution in [0.25, 0.3) is 0 Å². The van der Waals surface area contributed by atoms with E-state index in [1.807, 2.05) is 0 Å². The Hall–Kier alpha value is -2.93. The van der Waals surface area contributed by atoms with E-state index in [1.165, 1.54) is 26.4 Å². The van der Waals surface area contributed by atoms with Crippen molar-refractivity contribution in [2.45, 2.75) is 6.10 Å². The standard InChI is InChI=1S/C17H15ClN2O5/c1-23-13-8-14(24-2)11(7-9(13)18)20-17(22)15-16(21)19-10-5-3-4-6-12(10)25-15/h3-8,15H,1-2H3,(H,19,21)(H,20,22). The van der Waals surface area contributed by atoms with Gasteiger partial charge >= 0.3 is 0 Å². The first-order valence-corrected chi connectivity index (χ1v) is 7.70. The fraction of sp³-hybridized carbons (Fsp3) is 0.176. The number of nitrogens with one attached hydrogen (secondary N) is 2. The zero-order valence-corrected chi connectivity index (χ0v) is 14.2. The Bertz CT molecular complexity index is 840. The van der Waals surface area contributed by atoms with E-state index in [2.05, 4.69) is 10.6 Å². The van der Waals surface area contributed by atoms with Crippen molar-refractivity contribution in [1.82, 2.24) is 0 Å². The molecule has 0 radical (unpaired) electrons. The van der Waals surface area contributed by atoms with Gasteiger partial charge in [-0.15, -0.1) is 0 Å². The van der Waals surface area contributed by atoms with E-state index in [4.69, 9.17) is 25.8 Å². The molecular formula is C17H15ClN2O5. The Kier molecular flexibility index (Phi) is 4.67. The summed E-state index contributed by atoms with van der Waals surface area (Å²) in [5.74, 6) is -0.0494. The van der Waals surface area contributed by atoms with Gasteiger partial charge in [0.25, 0.3) is 17.9 Å². The maximum atomic E-state index is 12.5. The number of fused-ring (bicyclic) bond motifs is 1. The summed E-state index contributed by atoms with van der Waals surface area (Å²) in [5, 5.41) is 5.52. The van der Waals surface area contributed by atoms with Gasteiger partial charge in [-0.3, -0.25) is 9.59 Å². The fourth-order valence-electron chi connectivity index (χ4n) is 2.38. The minimum Gasteiger partial charge on any atom is -0.495 e. The summed E-state index contributed by atoms with van der Waals surface area (Å²) in [7, 11) is 2.91. The lowest BCUT2D eigenvalue weighted by Gasteiger charge is -2.25. The molecule has 8 heteroatoms. The van der Waals surface area contributed by atoms with E-state index in [-0.39, 0.29) is 5.02 Å². The van der Waals surface area contributed by atoms with Gasteiger partial charge in [0.05, 0.1) is 30.6 Å². The second-order valence-corrected chi connectivity index (χ2v) is 5.57. The largest absolute Gasteiger partial charge is 0.495 e. The van der Waals surface area contributed by atoms with Gasteiger partial charge in [0.2, 0.25) is 0 Å². The SMILES string of the molecule is COc1cc(OC)c(NC(=O)C2Oc3ccccc3NC2=O)cc1Cl. The van der Waals surface area contributed by atoms with Crippen molar-refractivity contribution >= 4 is 34.8 Å². The van der Waals surface area contributed by atoms with Crippen molar-refractivity contribution in [3.05, 3.63) is 41.4 Å². The highest BCUT2D eigenvalue weighted by Crippen LogP contribution is 2.36. The number of para-hydroxylation sites is 2. The zero-order chi connectivity index (χ0) is 18.0. The molecule has 0 spiro atoms. The van der Waals surface area contributed by atoms with Crippen molar-refractivity contribution in [3.8, 4) is 17.2 Å². The zero-order valence-electron chi connectivity index (χ0n) is 13.5. The Morgan fingerprint density at radius 3 is 2.64 bits per heavy atom. The number of anilines is 2. The second kappa shape index (κ2) is 6.90. The lowest BCUT2D eigenvalue weighted by molar-refractivity contribution is -0.133. The molecule has 0 saturated carbocycles. The molecule has 25 heavy (non-hydrogen) atoms. The number of carbonyl (C=O) groups excluding carboxylic acids is 2. The highest BCUT2D eigenvalue weighted by molar-refractivity contribution is 6.32. The molecule has 7 nitrogen and oxygen atoms in total. The van der Waals surface area contributed by atoms with Gasteiger partial charge in [-0.05, 0) is 18.2 Å². The number of benzene rings is 2. The molecule has 0 saturated heterocycles. The number of amides is 2. The smallest absolute Gasteiger partial charge is 0.275 e. The molecule has 2 amide bonds. The summed E-state index contributed by atoms with van der Waals surface area (Å²) in [6, 6.07) is 9.87. The van der Waals surface area contributed by atoms with Gasteiger partial charge in [-0.25, -0.2) is 0 Å². The number of hydrogen-bond donors (Lipinski definition) is 2. The molecule has 0 fully saturated rings. The normalized spacial score (nSPS) is 15.5. The third-order valence-electron chi connectivity index (χ3n) is 3.60. The third-order valence-corrected chi connectivity index (χ3v) is 3.89. The summed E-state index contributed by atoms with van der Waals surface area (Å²) in [4.78, 5) is 24.6. The number of carbonyl (C=O) groups is 2. The molecule has 2 aromatic carbocycles. The van der Waals surface area contributed by atoms with Crippen LogP contribution in [0.1, 0.15) is 0 Å². The average molecular weight is 363 g/mol. The van der Waals surface area contributed by atoms with Crippen LogP contribution in [0.3, 0.4) is 0 Å². The van der Waals surface area contributed by atoms with E-state index in [0.29, 0.717) is 28.6 Å². The molecule has 1 aliphatic rings. The molecule has 130 valence electrons. The maximum Gasteiger partial charge on any atom is 0.275 e. The third kappa shape index (κ3) is 3.32.